The van der Waals surface area contributed by atoms with Crippen molar-refractivity contribution in [2.75, 3.05) is 23.9 Å². The van der Waals surface area contributed by atoms with Gasteiger partial charge in [-0.2, -0.15) is 0 Å². The van der Waals surface area contributed by atoms with E-state index in [2.05, 4.69) is 15.3 Å². The molecule has 1 heterocycles. The first-order valence-electron chi connectivity index (χ1n) is 9.21. The lowest BCUT2D eigenvalue weighted by Gasteiger charge is -2.20. The molecule has 7 heteroatoms. The fraction of sp³-hybridized carbons (Fsp3) is 0.182. The Bertz CT molecular complexity index is 975. The average molecular weight is 390 g/mol. The second-order valence-electron chi connectivity index (χ2n) is 6.30. The Balaban J connectivity index is 1.69. The molecule has 0 saturated carbocycles. The average Bonchev–Trinajstić information content (AvgIpc) is 2.78. The minimum atomic E-state index is -0.466. The number of esters is 1. The lowest BCUT2D eigenvalue weighted by atomic mass is 10.2. The van der Waals surface area contributed by atoms with Crippen LogP contribution in [-0.4, -0.2) is 35.5 Å². The predicted molar refractivity (Wildman–Crippen MR) is 111 cm³/mol. The Labute approximate surface area is 169 Å². The van der Waals surface area contributed by atoms with Gasteiger partial charge in [-0.25, -0.2) is 14.8 Å². The molecule has 0 unspecified atom stereocenters. The standard InChI is InChI=1S/C22H22N4O3/c1-3-26(15-16-8-5-4-6-9-16)22-23-13-18(14-24-22)20(27)25-19-11-7-10-17(12-19)21(28)29-2/h4-14H,3,15H2,1-2H3,(H,25,27). The number of carbonyl (C=O) groups is 2. The van der Waals surface area contributed by atoms with Crippen molar-refractivity contribution in [1.29, 1.82) is 0 Å². The smallest absolute Gasteiger partial charge is 0.337 e. The van der Waals surface area contributed by atoms with Crippen LogP contribution in [0.4, 0.5) is 11.6 Å². The number of methoxy groups -OCH3 is 1. The van der Waals surface area contributed by atoms with Crippen LogP contribution in [0.5, 0.6) is 0 Å². The van der Waals surface area contributed by atoms with Gasteiger partial charge in [0.15, 0.2) is 0 Å². The number of carbonyl (C=O) groups excluding carboxylic acids is 2. The van der Waals surface area contributed by atoms with Gasteiger partial charge in [-0.15, -0.1) is 0 Å². The minimum absolute atomic E-state index is 0.327. The number of benzene rings is 2. The number of aromatic nitrogens is 2. The molecular weight excluding hydrogens is 368 g/mol. The number of nitrogens with one attached hydrogen (secondary N) is 1. The van der Waals surface area contributed by atoms with E-state index in [1.807, 2.05) is 42.2 Å². The van der Waals surface area contributed by atoms with Crippen molar-refractivity contribution in [2.24, 2.45) is 0 Å². The lowest BCUT2D eigenvalue weighted by Crippen LogP contribution is -2.24. The molecule has 0 radical (unpaired) electrons. The largest absolute Gasteiger partial charge is 0.465 e. The topological polar surface area (TPSA) is 84.4 Å². The van der Waals surface area contributed by atoms with Crippen molar-refractivity contribution >= 4 is 23.5 Å². The van der Waals surface area contributed by atoms with Crippen molar-refractivity contribution in [3.63, 3.8) is 0 Å². The fourth-order valence-corrected chi connectivity index (χ4v) is 2.77. The van der Waals surface area contributed by atoms with Crippen molar-refractivity contribution in [1.82, 2.24) is 9.97 Å². The summed E-state index contributed by atoms with van der Waals surface area (Å²) in [4.78, 5) is 34.8. The molecule has 0 aliphatic carbocycles. The molecule has 1 amide bonds. The third-order valence-corrected chi connectivity index (χ3v) is 4.32. The van der Waals surface area contributed by atoms with Gasteiger partial charge in [0.05, 0.1) is 18.2 Å². The van der Waals surface area contributed by atoms with E-state index in [9.17, 15) is 9.59 Å². The van der Waals surface area contributed by atoms with Crippen LogP contribution < -0.4 is 10.2 Å². The van der Waals surface area contributed by atoms with Crippen LogP contribution in [0.15, 0.2) is 67.0 Å². The second-order valence-corrected chi connectivity index (χ2v) is 6.30. The van der Waals surface area contributed by atoms with Gasteiger partial charge in [-0.05, 0) is 30.7 Å². The molecular formula is C22H22N4O3. The Kier molecular flexibility index (Phi) is 6.52. The van der Waals surface area contributed by atoms with E-state index >= 15 is 0 Å². The molecule has 0 fully saturated rings. The van der Waals surface area contributed by atoms with Crippen LogP contribution in [0.2, 0.25) is 0 Å². The molecule has 1 aromatic heterocycles. The zero-order valence-corrected chi connectivity index (χ0v) is 16.3. The maximum Gasteiger partial charge on any atom is 0.337 e. The van der Waals surface area contributed by atoms with Crippen LogP contribution in [0.1, 0.15) is 33.2 Å². The first-order chi connectivity index (χ1) is 14.1. The van der Waals surface area contributed by atoms with Crippen LogP contribution in [0, 0.1) is 0 Å². The fourth-order valence-electron chi connectivity index (χ4n) is 2.77. The molecule has 3 aromatic rings. The number of ether oxygens (including phenoxy) is 1. The zero-order valence-electron chi connectivity index (χ0n) is 16.3. The number of hydrogen-bond donors (Lipinski definition) is 1. The Morgan fingerprint density at radius 3 is 2.38 bits per heavy atom. The van der Waals surface area contributed by atoms with E-state index in [-0.39, 0.29) is 5.91 Å². The first kappa shape index (κ1) is 20.0. The molecule has 0 atom stereocenters. The third kappa shape index (κ3) is 5.16. The number of hydrogen-bond acceptors (Lipinski definition) is 6. The van der Waals surface area contributed by atoms with Crippen LogP contribution in [-0.2, 0) is 11.3 Å². The molecule has 3 rings (SSSR count). The van der Waals surface area contributed by atoms with E-state index in [4.69, 9.17) is 4.74 Å². The Morgan fingerprint density at radius 1 is 1.00 bits per heavy atom. The van der Waals surface area contributed by atoms with Gasteiger partial charge >= 0.3 is 5.97 Å². The third-order valence-electron chi connectivity index (χ3n) is 4.32. The maximum absolute atomic E-state index is 12.5. The van der Waals surface area contributed by atoms with Crippen LogP contribution >= 0.6 is 0 Å². The quantitative estimate of drug-likeness (QED) is 0.621. The van der Waals surface area contributed by atoms with Crippen molar-refractivity contribution in [3.8, 4) is 0 Å². The van der Waals surface area contributed by atoms with Gasteiger partial charge in [0.2, 0.25) is 5.95 Å². The highest BCUT2D eigenvalue weighted by Gasteiger charge is 2.13. The van der Waals surface area contributed by atoms with Gasteiger partial charge in [-0.1, -0.05) is 36.4 Å². The lowest BCUT2D eigenvalue weighted by molar-refractivity contribution is 0.0600. The highest BCUT2D eigenvalue weighted by molar-refractivity contribution is 6.04. The number of rotatable bonds is 7. The van der Waals surface area contributed by atoms with Crippen molar-refractivity contribution in [2.45, 2.75) is 13.5 Å². The SMILES string of the molecule is CCN(Cc1ccccc1)c1ncc(C(=O)Nc2cccc(C(=O)OC)c2)cn1. The van der Waals surface area contributed by atoms with Gasteiger partial charge in [0, 0.05) is 31.2 Å². The summed E-state index contributed by atoms with van der Waals surface area (Å²) in [6, 6.07) is 16.6. The summed E-state index contributed by atoms with van der Waals surface area (Å²) in [6.07, 6.45) is 2.99. The molecule has 7 nitrogen and oxygen atoms in total. The second kappa shape index (κ2) is 9.45. The summed E-state index contributed by atoms with van der Waals surface area (Å²) in [5.74, 6) is -0.267. The molecule has 29 heavy (non-hydrogen) atoms. The molecule has 2 aromatic carbocycles. The van der Waals surface area contributed by atoms with E-state index in [0.29, 0.717) is 29.3 Å². The number of anilines is 2. The highest BCUT2D eigenvalue weighted by atomic mass is 16.5. The van der Waals surface area contributed by atoms with E-state index in [1.165, 1.54) is 19.5 Å². The maximum atomic E-state index is 12.5. The first-order valence-corrected chi connectivity index (χ1v) is 9.21. The van der Waals surface area contributed by atoms with E-state index in [1.54, 1.807) is 24.3 Å². The van der Waals surface area contributed by atoms with Crippen LogP contribution in [0.3, 0.4) is 0 Å². The van der Waals surface area contributed by atoms with Crippen LogP contribution in [0.25, 0.3) is 0 Å². The summed E-state index contributed by atoms with van der Waals surface area (Å²) in [5.41, 5.74) is 2.33. The minimum Gasteiger partial charge on any atom is -0.465 e. The molecule has 0 aliphatic rings. The molecule has 0 aliphatic heterocycles. The van der Waals surface area contributed by atoms with Crippen molar-refractivity contribution < 1.29 is 14.3 Å². The zero-order chi connectivity index (χ0) is 20.6. The molecule has 1 N–H and O–H groups in total. The van der Waals surface area contributed by atoms with E-state index < -0.39 is 5.97 Å². The monoisotopic (exact) mass is 390 g/mol. The summed E-state index contributed by atoms with van der Waals surface area (Å²) in [7, 11) is 1.31. The van der Waals surface area contributed by atoms with E-state index in [0.717, 1.165) is 12.1 Å². The Hall–Kier alpha value is -3.74. The summed E-state index contributed by atoms with van der Waals surface area (Å²) in [6.45, 7) is 3.45. The Morgan fingerprint density at radius 2 is 1.72 bits per heavy atom. The van der Waals surface area contributed by atoms with Gasteiger partial charge < -0.3 is 15.0 Å². The normalized spacial score (nSPS) is 10.3. The number of nitrogens with zero attached hydrogens (tertiary/aromatic N) is 3. The van der Waals surface area contributed by atoms with Gasteiger partial charge in [-0.3, -0.25) is 4.79 Å². The summed E-state index contributed by atoms with van der Waals surface area (Å²) >= 11 is 0. The molecule has 0 saturated heterocycles. The van der Waals surface area contributed by atoms with Gasteiger partial charge in [0.25, 0.3) is 5.91 Å². The summed E-state index contributed by atoms with van der Waals surface area (Å²) < 4.78 is 4.69. The highest BCUT2D eigenvalue weighted by Crippen LogP contribution is 2.15. The molecule has 0 spiro atoms. The van der Waals surface area contributed by atoms with Crippen molar-refractivity contribution in [3.05, 3.63) is 83.7 Å². The van der Waals surface area contributed by atoms with Gasteiger partial charge in [0.1, 0.15) is 0 Å². The summed E-state index contributed by atoms with van der Waals surface area (Å²) in [5, 5.41) is 2.74. The number of amides is 1. The molecule has 148 valence electrons. The molecule has 0 bridgehead atoms. The predicted octanol–water partition coefficient (Wildman–Crippen LogP) is 3.54.